The number of rotatable bonds is 3. The molecular weight excluding hydrogens is 465 g/mol. The van der Waals surface area contributed by atoms with Crippen molar-refractivity contribution in [1.82, 2.24) is 0 Å². The van der Waals surface area contributed by atoms with Crippen LogP contribution in [0.15, 0.2) is 40.9 Å². The molecule has 5 heteroatoms. The van der Waals surface area contributed by atoms with Gasteiger partial charge < -0.3 is 0 Å². The highest BCUT2D eigenvalue weighted by molar-refractivity contribution is 14.1. The average Bonchev–Trinajstić information content (AvgIpc) is 2.37. The molecule has 0 heterocycles. The summed E-state index contributed by atoms with van der Waals surface area (Å²) < 4.78 is 15.8. The molecule has 0 aromatic heterocycles. The molecule has 0 saturated carbocycles. The number of benzene rings is 2. The Labute approximate surface area is 143 Å². The molecule has 0 bridgehead atoms. The zero-order valence-corrected chi connectivity index (χ0v) is 14.9. The molecule has 0 radical (unpaired) electrons. The molecule has 1 atom stereocenters. The molecular formula is C14H9BrCl2FI. The van der Waals surface area contributed by atoms with E-state index in [0.29, 0.717) is 17.0 Å². The van der Waals surface area contributed by atoms with Gasteiger partial charge in [-0.3, -0.25) is 0 Å². The molecule has 100 valence electrons. The summed E-state index contributed by atoms with van der Waals surface area (Å²) in [5, 5.41) is 0.0921. The molecule has 0 aliphatic heterocycles. The topological polar surface area (TPSA) is 0 Å². The van der Waals surface area contributed by atoms with Gasteiger partial charge in [0.15, 0.2) is 0 Å². The van der Waals surface area contributed by atoms with E-state index in [4.69, 9.17) is 23.2 Å². The van der Waals surface area contributed by atoms with Crippen LogP contribution in [0.5, 0.6) is 0 Å². The van der Waals surface area contributed by atoms with Gasteiger partial charge in [-0.25, -0.2) is 4.39 Å². The summed E-state index contributed by atoms with van der Waals surface area (Å²) in [5.41, 5.74) is 1.43. The van der Waals surface area contributed by atoms with E-state index >= 15 is 0 Å². The number of hydrogen-bond donors (Lipinski definition) is 0. The van der Waals surface area contributed by atoms with E-state index in [1.54, 1.807) is 12.1 Å². The third-order valence-electron chi connectivity index (χ3n) is 2.74. The molecule has 1 unspecified atom stereocenters. The Morgan fingerprint density at radius 3 is 2.68 bits per heavy atom. The van der Waals surface area contributed by atoms with Crippen molar-refractivity contribution in [3.05, 3.63) is 66.4 Å². The molecule has 19 heavy (non-hydrogen) atoms. The maximum atomic E-state index is 13.8. The van der Waals surface area contributed by atoms with Crippen LogP contribution in [0.3, 0.4) is 0 Å². The molecule has 0 fully saturated rings. The van der Waals surface area contributed by atoms with Crippen LogP contribution < -0.4 is 0 Å². The van der Waals surface area contributed by atoms with Crippen LogP contribution >= 0.6 is 61.7 Å². The molecule has 0 aliphatic rings. The van der Waals surface area contributed by atoms with Gasteiger partial charge in [-0.2, -0.15) is 0 Å². The predicted molar refractivity (Wildman–Crippen MR) is 90.6 cm³/mol. The van der Waals surface area contributed by atoms with Gasteiger partial charge in [0.25, 0.3) is 0 Å². The van der Waals surface area contributed by atoms with Crippen LogP contribution in [0.25, 0.3) is 0 Å². The van der Waals surface area contributed by atoms with E-state index in [1.165, 1.54) is 6.07 Å². The highest BCUT2D eigenvalue weighted by Gasteiger charge is 2.17. The van der Waals surface area contributed by atoms with Crippen molar-refractivity contribution in [3.8, 4) is 0 Å². The summed E-state index contributed by atoms with van der Waals surface area (Å²) in [6.07, 6.45) is 0.361. The third kappa shape index (κ3) is 3.84. The minimum absolute atomic E-state index is 0.317. The van der Waals surface area contributed by atoms with Crippen LogP contribution in [0.1, 0.15) is 16.5 Å². The Balaban J connectivity index is 2.31. The summed E-state index contributed by atoms with van der Waals surface area (Å²) in [7, 11) is 0. The lowest BCUT2D eigenvalue weighted by molar-refractivity contribution is 0.607. The molecule has 2 aromatic rings. The zero-order chi connectivity index (χ0) is 14.0. The average molecular weight is 474 g/mol. The van der Waals surface area contributed by atoms with Gasteiger partial charge >= 0.3 is 0 Å². The van der Waals surface area contributed by atoms with Crippen molar-refractivity contribution in [2.24, 2.45) is 0 Å². The van der Waals surface area contributed by atoms with Crippen LogP contribution in [-0.2, 0) is 6.42 Å². The first-order valence-corrected chi connectivity index (χ1v) is 8.19. The van der Waals surface area contributed by atoms with Crippen molar-refractivity contribution in [2.45, 2.75) is 11.8 Å². The Kier molecular flexibility index (Phi) is 5.52. The molecule has 0 nitrogen and oxygen atoms in total. The van der Waals surface area contributed by atoms with Gasteiger partial charge in [0.05, 0.1) is 5.38 Å². The van der Waals surface area contributed by atoms with E-state index in [0.717, 1.165) is 13.6 Å². The van der Waals surface area contributed by atoms with Gasteiger partial charge in [0.2, 0.25) is 0 Å². The smallest absolute Gasteiger partial charge is 0.127 e. The fraction of sp³-hybridized carbons (Fsp3) is 0.143. The van der Waals surface area contributed by atoms with Gasteiger partial charge in [-0.15, -0.1) is 11.6 Å². The Bertz CT molecular complexity index is 584. The summed E-state index contributed by atoms with van der Waals surface area (Å²) in [6.45, 7) is 0. The highest BCUT2D eigenvalue weighted by atomic mass is 127. The molecule has 2 aromatic carbocycles. The van der Waals surface area contributed by atoms with Crippen LogP contribution in [0, 0.1) is 9.39 Å². The minimum Gasteiger partial charge on any atom is -0.207 e. The highest BCUT2D eigenvalue weighted by Crippen LogP contribution is 2.33. The van der Waals surface area contributed by atoms with Crippen molar-refractivity contribution in [1.29, 1.82) is 0 Å². The summed E-state index contributed by atoms with van der Waals surface area (Å²) in [4.78, 5) is 0. The standard InChI is InChI=1S/C14H9BrCl2FI/c15-8-4-5-14(19)10(6-8)12(17)7-9-11(16)2-1-3-13(9)18/h1-6,12H,7H2. The van der Waals surface area contributed by atoms with E-state index in [2.05, 4.69) is 38.5 Å². The second-order valence-electron chi connectivity index (χ2n) is 4.04. The zero-order valence-electron chi connectivity index (χ0n) is 9.64. The van der Waals surface area contributed by atoms with Gasteiger partial charge in [0, 0.05) is 18.6 Å². The largest absolute Gasteiger partial charge is 0.207 e. The fourth-order valence-electron chi connectivity index (χ4n) is 1.77. The quantitative estimate of drug-likeness (QED) is 0.359. The lowest BCUT2D eigenvalue weighted by Gasteiger charge is -2.14. The normalized spacial score (nSPS) is 12.5. The SMILES string of the molecule is Fc1cccc(Cl)c1CC(Cl)c1cc(Br)ccc1I. The molecule has 0 spiro atoms. The van der Waals surface area contributed by atoms with Crippen molar-refractivity contribution in [2.75, 3.05) is 0 Å². The van der Waals surface area contributed by atoms with Gasteiger partial charge in [-0.1, -0.05) is 33.6 Å². The lowest BCUT2D eigenvalue weighted by atomic mass is 10.0. The minimum atomic E-state index is -0.321. The number of halogens is 5. The van der Waals surface area contributed by atoms with E-state index in [-0.39, 0.29) is 11.2 Å². The summed E-state index contributed by atoms with van der Waals surface area (Å²) in [6, 6.07) is 10.5. The first-order chi connectivity index (χ1) is 8.99. The third-order valence-corrected chi connectivity index (χ3v) is 4.96. The Morgan fingerprint density at radius 1 is 1.26 bits per heavy atom. The molecule has 0 saturated heterocycles. The van der Waals surface area contributed by atoms with Crippen LogP contribution in [0.2, 0.25) is 5.02 Å². The van der Waals surface area contributed by atoms with Gasteiger partial charge in [0.1, 0.15) is 5.82 Å². The van der Waals surface area contributed by atoms with Crippen molar-refractivity contribution < 1.29 is 4.39 Å². The molecule has 0 N–H and O–H groups in total. The lowest BCUT2D eigenvalue weighted by Crippen LogP contribution is -2.01. The predicted octanol–water partition coefficient (Wildman–Crippen LogP) is 6.37. The van der Waals surface area contributed by atoms with Crippen LogP contribution in [0.4, 0.5) is 4.39 Å². The first kappa shape index (κ1) is 15.5. The number of hydrogen-bond acceptors (Lipinski definition) is 0. The van der Waals surface area contributed by atoms with E-state index < -0.39 is 0 Å². The second-order valence-corrected chi connectivity index (χ2v) is 7.05. The second kappa shape index (κ2) is 6.74. The van der Waals surface area contributed by atoms with E-state index in [1.807, 2.05) is 18.2 Å². The molecule has 0 aliphatic carbocycles. The molecule has 0 amide bonds. The first-order valence-electron chi connectivity index (χ1n) is 5.51. The summed E-state index contributed by atoms with van der Waals surface area (Å²) in [5.74, 6) is -0.317. The number of alkyl halides is 1. The van der Waals surface area contributed by atoms with Crippen molar-refractivity contribution >= 4 is 61.7 Å². The Morgan fingerprint density at radius 2 is 2.00 bits per heavy atom. The van der Waals surface area contributed by atoms with Crippen molar-refractivity contribution in [3.63, 3.8) is 0 Å². The summed E-state index contributed by atoms with van der Waals surface area (Å²) >= 11 is 18.1. The monoisotopic (exact) mass is 472 g/mol. The fourth-order valence-corrected chi connectivity index (χ4v) is 3.62. The molecule has 2 rings (SSSR count). The maximum absolute atomic E-state index is 13.8. The van der Waals surface area contributed by atoms with Crippen LogP contribution in [-0.4, -0.2) is 0 Å². The Hall–Kier alpha value is 0.160. The van der Waals surface area contributed by atoms with Gasteiger partial charge in [-0.05, 0) is 64.9 Å². The maximum Gasteiger partial charge on any atom is 0.127 e. The van der Waals surface area contributed by atoms with E-state index in [9.17, 15) is 4.39 Å².